The molecule has 0 saturated carbocycles. The molecule has 2 heterocycles. The van der Waals surface area contributed by atoms with Crippen molar-refractivity contribution in [3.63, 3.8) is 0 Å². The van der Waals surface area contributed by atoms with E-state index in [2.05, 4.69) is 60.0 Å². The lowest BCUT2D eigenvalue weighted by atomic mass is 9.70. The summed E-state index contributed by atoms with van der Waals surface area (Å²) in [6.07, 6.45) is 7.10. The van der Waals surface area contributed by atoms with Crippen LogP contribution in [-0.4, -0.2) is 49.0 Å². The number of hydrogen-bond donors (Lipinski definition) is 1. The third kappa shape index (κ3) is 5.57. The van der Waals surface area contributed by atoms with Crippen LogP contribution in [0.4, 0.5) is 5.69 Å². The monoisotopic (exact) mass is 510 g/mol. The van der Waals surface area contributed by atoms with Crippen LogP contribution < -0.4 is 4.90 Å². The number of carbonyl (C=O) groups excluding carboxylic acids is 1. The molecule has 0 radical (unpaired) electrons. The van der Waals surface area contributed by atoms with Crippen molar-refractivity contribution in [2.24, 2.45) is 0 Å². The Morgan fingerprint density at radius 2 is 1.58 bits per heavy atom. The lowest BCUT2D eigenvalue weighted by Crippen LogP contribution is -2.47. The minimum absolute atomic E-state index is 0.0628. The second-order valence-electron chi connectivity index (χ2n) is 11.6. The summed E-state index contributed by atoms with van der Waals surface area (Å²) in [7, 11) is 0. The van der Waals surface area contributed by atoms with E-state index < -0.39 is 5.60 Å². The van der Waals surface area contributed by atoms with E-state index >= 15 is 0 Å². The fourth-order valence-electron chi connectivity index (χ4n) is 6.69. The normalized spacial score (nSPS) is 21.8. The summed E-state index contributed by atoms with van der Waals surface area (Å²) in [4.78, 5) is 16.8. The third-order valence-corrected chi connectivity index (χ3v) is 9.22. The number of piperidine rings is 2. The standard InChI is InChI=1S/C34H42N2O2/c1-27-14-15-31(24-28(27)2)33(17-9-21-36(26-33)32-13-7-6-10-29(32)25-37)16-8-20-35-22-18-34(38,19-23-35)30-11-4-3-5-12-30/h3-7,10-15,24-25,38H,8-9,16-23,26H2,1-2H3. The summed E-state index contributed by atoms with van der Waals surface area (Å²) in [6.45, 7) is 9.25. The number of benzene rings is 3. The van der Waals surface area contributed by atoms with Crippen LogP contribution in [0.15, 0.2) is 72.8 Å². The van der Waals surface area contributed by atoms with E-state index in [-0.39, 0.29) is 5.41 Å². The third-order valence-electron chi connectivity index (χ3n) is 9.22. The van der Waals surface area contributed by atoms with Crippen molar-refractivity contribution in [3.8, 4) is 0 Å². The summed E-state index contributed by atoms with van der Waals surface area (Å²) >= 11 is 0. The van der Waals surface area contributed by atoms with Gasteiger partial charge in [0.15, 0.2) is 6.29 Å². The Bertz CT molecular complexity index is 1230. The minimum Gasteiger partial charge on any atom is -0.385 e. The van der Waals surface area contributed by atoms with Gasteiger partial charge in [-0.1, -0.05) is 60.7 Å². The Hall–Kier alpha value is -2.95. The van der Waals surface area contributed by atoms with Crippen LogP contribution >= 0.6 is 0 Å². The second-order valence-corrected chi connectivity index (χ2v) is 11.6. The molecular weight excluding hydrogens is 468 g/mol. The van der Waals surface area contributed by atoms with Crippen molar-refractivity contribution in [2.45, 2.75) is 63.4 Å². The summed E-state index contributed by atoms with van der Waals surface area (Å²) < 4.78 is 0. The minimum atomic E-state index is -0.700. The van der Waals surface area contributed by atoms with Gasteiger partial charge in [0, 0.05) is 42.8 Å². The van der Waals surface area contributed by atoms with Crippen LogP contribution in [0.25, 0.3) is 0 Å². The maximum absolute atomic E-state index is 11.8. The Morgan fingerprint density at radius 3 is 2.32 bits per heavy atom. The van der Waals surface area contributed by atoms with Gasteiger partial charge in [-0.15, -0.1) is 0 Å². The highest BCUT2D eigenvalue weighted by molar-refractivity contribution is 5.84. The number of aldehydes is 1. The van der Waals surface area contributed by atoms with Crippen molar-refractivity contribution in [1.29, 1.82) is 0 Å². The van der Waals surface area contributed by atoms with E-state index in [1.165, 1.54) is 23.1 Å². The number of carbonyl (C=O) groups is 1. The number of rotatable bonds is 8. The van der Waals surface area contributed by atoms with Crippen LogP contribution in [0, 0.1) is 13.8 Å². The number of likely N-dealkylation sites (tertiary alicyclic amines) is 1. The van der Waals surface area contributed by atoms with Crippen molar-refractivity contribution in [2.75, 3.05) is 37.6 Å². The zero-order valence-electron chi connectivity index (χ0n) is 23.0. The van der Waals surface area contributed by atoms with Gasteiger partial charge in [0.2, 0.25) is 0 Å². The first kappa shape index (κ1) is 26.6. The number of nitrogens with zero attached hydrogens (tertiary/aromatic N) is 2. The maximum Gasteiger partial charge on any atom is 0.152 e. The molecule has 2 saturated heterocycles. The number of anilines is 1. The van der Waals surface area contributed by atoms with E-state index in [0.29, 0.717) is 0 Å². The molecule has 2 aliphatic heterocycles. The van der Waals surface area contributed by atoms with Crippen LogP contribution in [-0.2, 0) is 11.0 Å². The van der Waals surface area contributed by atoms with Gasteiger partial charge in [-0.2, -0.15) is 0 Å². The van der Waals surface area contributed by atoms with Crippen LogP contribution in [0.1, 0.15) is 71.1 Å². The molecule has 200 valence electrons. The van der Waals surface area contributed by atoms with Gasteiger partial charge in [0.05, 0.1) is 5.60 Å². The number of hydrogen-bond acceptors (Lipinski definition) is 4. The molecule has 38 heavy (non-hydrogen) atoms. The van der Waals surface area contributed by atoms with Gasteiger partial charge in [0.1, 0.15) is 0 Å². The van der Waals surface area contributed by atoms with Crippen LogP contribution in [0.5, 0.6) is 0 Å². The fourth-order valence-corrected chi connectivity index (χ4v) is 6.69. The Balaban J connectivity index is 1.30. The highest BCUT2D eigenvalue weighted by atomic mass is 16.3. The molecular formula is C34H42N2O2. The van der Waals surface area contributed by atoms with Gasteiger partial charge in [-0.05, 0) is 93.3 Å². The summed E-state index contributed by atoms with van der Waals surface area (Å²) in [5.41, 5.74) is 6.37. The molecule has 0 spiro atoms. The quantitative estimate of drug-likeness (QED) is 0.355. The summed E-state index contributed by atoms with van der Waals surface area (Å²) in [6, 6.07) is 25.2. The van der Waals surface area contributed by atoms with E-state index in [4.69, 9.17) is 0 Å². The molecule has 0 aliphatic carbocycles. The molecule has 4 heteroatoms. The van der Waals surface area contributed by atoms with Crippen molar-refractivity contribution >= 4 is 12.0 Å². The molecule has 0 bridgehead atoms. The average molecular weight is 511 g/mol. The van der Waals surface area contributed by atoms with Crippen LogP contribution in [0.2, 0.25) is 0 Å². The molecule has 1 unspecified atom stereocenters. The zero-order valence-corrected chi connectivity index (χ0v) is 23.0. The first-order chi connectivity index (χ1) is 18.4. The first-order valence-electron chi connectivity index (χ1n) is 14.3. The molecule has 1 N–H and O–H groups in total. The molecule has 4 nitrogen and oxygen atoms in total. The summed E-state index contributed by atoms with van der Waals surface area (Å²) in [5.74, 6) is 0. The molecule has 1 atom stereocenters. The fraction of sp³-hybridized carbons (Fsp3) is 0.441. The van der Waals surface area contributed by atoms with Crippen molar-refractivity contribution < 1.29 is 9.90 Å². The molecule has 0 aromatic heterocycles. The van der Waals surface area contributed by atoms with E-state index in [0.717, 1.165) is 87.9 Å². The zero-order chi connectivity index (χ0) is 26.6. The second kappa shape index (κ2) is 11.4. The Morgan fingerprint density at radius 1 is 0.842 bits per heavy atom. The highest BCUT2D eigenvalue weighted by Gasteiger charge is 2.38. The maximum atomic E-state index is 11.8. The van der Waals surface area contributed by atoms with Gasteiger partial charge >= 0.3 is 0 Å². The Kier molecular flexibility index (Phi) is 8.01. The molecule has 3 aromatic rings. The molecule has 3 aromatic carbocycles. The van der Waals surface area contributed by atoms with E-state index in [1.54, 1.807) is 0 Å². The van der Waals surface area contributed by atoms with Crippen molar-refractivity contribution in [3.05, 3.63) is 101 Å². The predicted octanol–water partition coefficient (Wildman–Crippen LogP) is 6.42. The van der Waals surface area contributed by atoms with E-state index in [9.17, 15) is 9.90 Å². The summed E-state index contributed by atoms with van der Waals surface area (Å²) in [5, 5.41) is 11.3. The molecule has 2 aliphatic rings. The van der Waals surface area contributed by atoms with Gasteiger partial charge in [-0.3, -0.25) is 4.79 Å². The van der Waals surface area contributed by atoms with Crippen LogP contribution in [0.3, 0.4) is 0 Å². The molecule has 5 rings (SSSR count). The molecule has 0 amide bonds. The first-order valence-corrected chi connectivity index (χ1v) is 14.3. The van der Waals surface area contributed by atoms with E-state index in [1.807, 2.05) is 36.4 Å². The number of para-hydroxylation sites is 1. The largest absolute Gasteiger partial charge is 0.385 e. The van der Waals surface area contributed by atoms with Gasteiger partial charge in [-0.25, -0.2) is 0 Å². The smallest absolute Gasteiger partial charge is 0.152 e. The predicted molar refractivity (Wildman–Crippen MR) is 156 cm³/mol. The SMILES string of the molecule is Cc1ccc(C2(CCCN3CCC(O)(c4ccccc4)CC3)CCCN(c3ccccc3C=O)C2)cc1C. The molecule has 2 fully saturated rings. The lowest BCUT2D eigenvalue weighted by Gasteiger charge is -2.45. The topological polar surface area (TPSA) is 43.8 Å². The van der Waals surface area contributed by atoms with Gasteiger partial charge in [0.25, 0.3) is 0 Å². The average Bonchev–Trinajstić information content (AvgIpc) is 2.96. The Labute approximate surface area is 228 Å². The van der Waals surface area contributed by atoms with Crippen molar-refractivity contribution in [1.82, 2.24) is 4.90 Å². The van der Waals surface area contributed by atoms with Gasteiger partial charge < -0.3 is 14.9 Å². The number of aryl methyl sites for hydroxylation is 2. The number of aliphatic hydroxyl groups is 1. The lowest BCUT2D eigenvalue weighted by molar-refractivity contribution is -0.0264. The highest BCUT2D eigenvalue weighted by Crippen LogP contribution is 2.41.